The number of nitrogens with one attached hydrogen (secondary N) is 2. The number of pyridine rings is 2. The molecule has 1 amide bonds. The number of aliphatic hydroxyl groups is 1. The maximum absolute atomic E-state index is 12.5. The third-order valence-electron chi connectivity index (χ3n) is 5.97. The summed E-state index contributed by atoms with van der Waals surface area (Å²) in [7, 11) is 7.21. The van der Waals surface area contributed by atoms with Crippen LogP contribution >= 0.6 is 0 Å². The van der Waals surface area contributed by atoms with Gasteiger partial charge in [0.15, 0.2) is 23.4 Å². The molecule has 0 saturated heterocycles. The number of ketones is 1. The van der Waals surface area contributed by atoms with Crippen LogP contribution in [0.1, 0.15) is 74.9 Å². The number of Topliss-reactive ketones (excluding diaryl/α,β-unsaturated/α-hetero) is 1. The number of hydrogen-bond donors (Lipinski definition) is 3. The number of aliphatic hydroxyl groups excluding tert-OH is 1. The van der Waals surface area contributed by atoms with E-state index in [4.69, 9.17) is 9.52 Å². The number of anilines is 2. The molecular formula is C32H52N6O5. The van der Waals surface area contributed by atoms with Crippen LogP contribution in [0.5, 0.6) is 0 Å². The summed E-state index contributed by atoms with van der Waals surface area (Å²) < 4.78 is 5.51. The highest BCUT2D eigenvalue weighted by Crippen LogP contribution is 2.29. The lowest BCUT2D eigenvalue weighted by Crippen LogP contribution is -2.24. The van der Waals surface area contributed by atoms with Gasteiger partial charge in [0.1, 0.15) is 16.9 Å². The highest BCUT2D eigenvalue weighted by molar-refractivity contribution is 6.01. The summed E-state index contributed by atoms with van der Waals surface area (Å²) in [6.45, 7) is 12.2. The number of fused-ring (bicyclic) bond motifs is 1. The fourth-order valence-corrected chi connectivity index (χ4v) is 3.45. The number of aromatic nitrogens is 2. The zero-order valence-electron chi connectivity index (χ0n) is 27.4. The Labute approximate surface area is 257 Å². The minimum absolute atomic E-state index is 0.0517. The van der Waals surface area contributed by atoms with Crippen LogP contribution in [-0.2, 0) is 4.79 Å². The average molecular weight is 601 g/mol. The first kappa shape index (κ1) is 39.2. The van der Waals surface area contributed by atoms with E-state index in [9.17, 15) is 14.4 Å². The second-order valence-electron chi connectivity index (χ2n) is 9.97. The first-order chi connectivity index (χ1) is 20.5. The first-order valence-electron chi connectivity index (χ1n) is 14.8. The Morgan fingerprint density at radius 3 is 2.16 bits per heavy atom. The van der Waals surface area contributed by atoms with Crippen molar-refractivity contribution in [3.63, 3.8) is 0 Å². The quantitative estimate of drug-likeness (QED) is 0.237. The van der Waals surface area contributed by atoms with Gasteiger partial charge in [0.05, 0.1) is 6.54 Å². The summed E-state index contributed by atoms with van der Waals surface area (Å²) in [6, 6.07) is 6.99. The molecule has 0 fully saturated rings. The number of nitrogens with zero attached hydrogens (tertiary/aromatic N) is 4. The van der Waals surface area contributed by atoms with Gasteiger partial charge in [-0.1, -0.05) is 34.1 Å². The van der Waals surface area contributed by atoms with Crippen molar-refractivity contribution in [3.05, 3.63) is 48.1 Å². The second kappa shape index (κ2) is 22.7. The van der Waals surface area contributed by atoms with E-state index >= 15 is 0 Å². The van der Waals surface area contributed by atoms with E-state index in [-0.39, 0.29) is 42.2 Å². The van der Waals surface area contributed by atoms with Crippen molar-refractivity contribution >= 4 is 40.5 Å². The van der Waals surface area contributed by atoms with Crippen molar-refractivity contribution in [2.24, 2.45) is 5.92 Å². The molecule has 0 aromatic carbocycles. The van der Waals surface area contributed by atoms with Gasteiger partial charge in [-0.25, -0.2) is 4.98 Å². The molecule has 11 heteroatoms. The van der Waals surface area contributed by atoms with Gasteiger partial charge in [0.2, 0.25) is 0 Å². The molecule has 3 rings (SSSR count). The molecule has 0 saturated carbocycles. The Hall–Kier alpha value is -3.83. The summed E-state index contributed by atoms with van der Waals surface area (Å²) in [5.41, 5.74) is 2.43. The summed E-state index contributed by atoms with van der Waals surface area (Å²) in [4.78, 5) is 47.9. The van der Waals surface area contributed by atoms with E-state index in [1.165, 1.54) is 11.3 Å². The SMILES string of the molecule is CCC.CCN(C)CCC[C@H](C)C(=O)CNc1c(C=O)oc2ccc(C(=O)N(C)C)nc12.CCO.CNc1ccncc1. The lowest BCUT2D eigenvalue weighted by molar-refractivity contribution is -0.120. The van der Waals surface area contributed by atoms with Gasteiger partial charge >= 0.3 is 0 Å². The van der Waals surface area contributed by atoms with Crippen LogP contribution in [-0.4, -0.2) is 97.3 Å². The van der Waals surface area contributed by atoms with Crippen molar-refractivity contribution in [1.82, 2.24) is 19.8 Å². The summed E-state index contributed by atoms with van der Waals surface area (Å²) in [5, 5.41) is 13.6. The standard InChI is InChI=1S/C21H30N4O4.C6H8N2.C3H8.C2H6O/c1-6-25(5)11-7-8-14(2)16(27)12-22-19-18(13-26)29-17-10-9-15(23-20(17)19)21(28)24(3)4;1-7-6-2-4-8-5-3-6;1-3-2;1-2-3/h9-10,13-14,22H,6-8,11-12H2,1-5H3;2-5H,1H3,(H,7,8);3H2,1-2H3;3H,2H2,1H3/t14-;;;/m0.../s1. The second-order valence-corrected chi connectivity index (χ2v) is 9.97. The lowest BCUT2D eigenvalue weighted by atomic mass is 10.00. The van der Waals surface area contributed by atoms with Crippen molar-refractivity contribution in [1.29, 1.82) is 0 Å². The molecule has 43 heavy (non-hydrogen) atoms. The molecule has 0 aliphatic heterocycles. The van der Waals surface area contributed by atoms with Crippen molar-refractivity contribution in [2.75, 3.05) is 65.1 Å². The smallest absolute Gasteiger partial charge is 0.271 e. The number of rotatable bonds is 12. The van der Waals surface area contributed by atoms with Gasteiger partial charge in [-0.2, -0.15) is 0 Å². The highest BCUT2D eigenvalue weighted by Gasteiger charge is 2.20. The molecule has 3 heterocycles. The molecule has 3 N–H and O–H groups in total. The van der Waals surface area contributed by atoms with Crippen LogP contribution in [0, 0.1) is 5.92 Å². The molecule has 0 radical (unpaired) electrons. The number of carbonyl (C=O) groups excluding carboxylic acids is 3. The summed E-state index contributed by atoms with van der Waals surface area (Å²) in [6.07, 6.45) is 7.09. The molecule has 11 nitrogen and oxygen atoms in total. The Morgan fingerprint density at radius 2 is 1.67 bits per heavy atom. The van der Waals surface area contributed by atoms with Crippen LogP contribution in [0.4, 0.5) is 11.4 Å². The maximum Gasteiger partial charge on any atom is 0.271 e. The molecule has 240 valence electrons. The van der Waals surface area contributed by atoms with Gasteiger partial charge in [-0.05, 0) is 64.2 Å². The predicted molar refractivity (Wildman–Crippen MR) is 175 cm³/mol. The van der Waals surface area contributed by atoms with Crippen molar-refractivity contribution < 1.29 is 23.9 Å². The van der Waals surface area contributed by atoms with E-state index in [0.717, 1.165) is 31.6 Å². The zero-order valence-corrected chi connectivity index (χ0v) is 27.4. The van der Waals surface area contributed by atoms with Crippen molar-refractivity contribution in [2.45, 2.75) is 53.9 Å². The zero-order chi connectivity index (χ0) is 32.8. The maximum atomic E-state index is 12.5. The Balaban J connectivity index is 0.00000104. The van der Waals surface area contributed by atoms with E-state index in [2.05, 4.69) is 53.3 Å². The lowest BCUT2D eigenvalue weighted by Gasteiger charge is -2.16. The van der Waals surface area contributed by atoms with Gasteiger partial charge < -0.3 is 30.0 Å². The van der Waals surface area contributed by atoms with E-state index < -0.39 is 0 Å². The fourth-order valence-electron chi connectivity index (χ4n) is 3.45. The number of furan rings is 1. The van der Waals surface area contributed by atoms with Gasteiger partial charge in [0.25, 0.3) is 5.91 Å². The van der Waals surface area contributed by atoms with Crippen molar-refractivity contribution in [3.8, 4) is 0 Å². The third-order valence-corrected chi connectivity index (χ3v) is 5.97. The number of carbonyl (C=O) groups is 3. The van der Waals surface area contributed by atoms with Gasteiger partial charge in [-0.15, -0.1) is 0 Å². The first-order valence-corrected chi connectivity index (χ1v) is 14.8. The predicted octanol–water partition coefficient (Wildman–Crippen LogP) is 5.23. The monoisotopic (exact) mass is 600 g/mol. The van der Waals surface area contributed by atoms with E-state index in [1.807, 2.05) is 26.1 Å². The number of amides is 1. The Morgan fingerprint density at radius 1 is 1.07 bits per heavy atom. The van der Waals surface area contributed by atoms with Crippen LogP contribution in [0.3, 0.4) is 0 Å². The Bertz CT molecular complexity index is 1200. The largest absolute Gasteiger partial charge is 0.449 e. The highest BCUT2D eigenvalue weighted by atomic mass is 16.3. The molecule has 0 aliphatic rings. The van der Waals surface area contributed by atoms with Gasteiger partial charge in [0, 0.05) is 51.7 Å². The molecule has 0 unspecified atom stereocenters. The minimum Gasteiger partial charge on any atom is -0.449 e. The van der Waals surface area contributed by atoms with Crippen LogP contribution in [0.2, 0.25) is 0 Å². The number of aldehydes is 1. The minimum atomic E-state index is -0.256. The normalized spacial score (nSPS) is 10.7. The average Bonchev–Trinajstić information content (AvgIpc) is 3.37. The Kier molecular flexibility index (Phi) is 20.7. The summed E-state index contributed by atoms with van der Waals surface area (Å²) in [5.74, 6) is -0.235. The molecule has 3 aromatic heterocycles. The van der Waals surface area contributed by atoms with E-state index in [1.54, 1.807) is 45.5 Å². The van der Waals surface area contributed by atoms with E-state index in [0.29, 0.717) is 23.1 Å². The molecule has 0 spiro atoms. The molecular weight excluding hydrogens is 548 g/mol. The van der Waals surface area contributed by atoms with Gasteiger partial charge in [-0.3, -0.25) is 19.4 Å². The molecule has 0 aliphatic carbocycles. The van der Waals surface area contributed by atoms with Crippen LogP contribution < -0.4 is 10.6 Å². The third kappa shape index (κ3) is 14.8. The van der Waals surface area contributed by atoms with Crippen LogP contribution in [0.15, 0.2) is 41.1 Å². The molecule has 3 aromatic rings. The topological polar surface area (TPSA) is 141 Å². The fraction of sp³-hybridized carbons (Fsp3) is 0.531. The summed E-state index contributed by atoms with van der Waals surface area (Å²) >= 11 is 0. The van der Waals surface area contributed by atoms with Crippen LogP contribution in [0.25, 0.3) is 11.1 Å². The molecule has 1 atom stereocenters. The molecule has 0 bridgehead atoms. The number of hydrogen-bond acceptors (Lipinski definition) is 10.